The number of nitrogens with zero attached hydrogens (tertiary/aromatic N) is 1. The maximum absolute atomic E-state index is 12.2. The van der Waals surface area contributed by atoms with E-state index in [-0.39, 0.29) is 4.90 Å². The minimum absolute atomic E-state index is 0.119. The monoisotopic (exact) mass is 313 g/mol. The first kappa shape index (κ1) is 10.6. The van der Waals surface area contributed by atoms with Crippen LogP contribution in [0.4, 0.5) is 4.79 Å². The highest BCUT2D eigenvalue weighted by Crippen LogP contribution is 2.22. The lowest BCUT2D eigenvalue weighted by Gasteiger charge is -2.07. The molecule has 23 heavy (non-hydrogen) atoms. The lowest BCUT2D eigenvalue weighted by Crippen LogP contribution is -2.29. The number of imide groups is 1. The molecule has 1 saturated heterocycles. The summed E-state index contributed by atoms with van der Waals surface area (Å²) in [6, 6.07) is 15.9. The van der Waals surface area contributed by atoms with Crippen LogP contribution in [0, 0.1) is 0 Å². The number of cyclic esters (lactones) is 1. The molecule has 1 heterocycles. The Kier molecular flexibility index (Phi) is 3.13. The number of hydrogen-bond acceptors (Lipinski definition) is 4. The van der Waals surface area contributed by atoms with Crippen molar-refractivity contribution in [3.05, 3.63) is 66.2 Å². The van der Waals surface area contributed by atoms with Gasteiger partial charge in [0.1, 0.15) is 18.1 Å². The Morgan fingerprint density at radius 2 is 1.96 bits per heavy atom. The molecule has 0 radical (unpaired) electrons. The van der Waals surface area contributed by atoms with Crippen LogP contribution in [0.15, 0.2) is 60.7 Å². The second-order valence-electron chi connectivity index (χ2n) is 4.58. The van der Waals surface area contributed by atoms with E-state index in [1.807, 2.05) is 18.2 Å². The molecule has 0 spiro atoms. The topological polar surface area (TPSA) is 55.8 Å². The van der Waals surface area contributed by atoms with Crippen molar-refractivity contribution in [1.82, 2.24) is 4.90 Å². The fraction of sp³-hybridized carbons (Fsp3) is 0.111. The highest BCUT2D eigenvalue weighted by Gasteiger charge is 2.26. The molecule has 0 bridgehead atoms. The Bertz CT molecular complexity index is 899. The van der Waals surface area contributed by atoms with Crippen LogP contribution < -0.4 is 4.74 Å². The van der Waals surface area contributed by atoms with Gasteiger partial charge in [-0.1, -0.05) is 30.3 Å². The molecule has 0 aromatic heterocycles. The molecular formula is C18H15NO4. The average molecular weight is 313 g/mol. The third-order valence-electron chi connectivity index (χ3n) is 2.95. The van der Waals surface area contributed by atoms with Crippen LogP contribution in [0.3, 0.4) is 0 Å². The number of amides is 2. The smallest absolute Gasteiger partial charge is 0.416 e. The molecule has 2 amide bonds. The van der Waals surface area contributed by atoms with Gasteiger partial charge in [0.25, 0.3) is 5.91 Å². The fourth-order valence-corrected chi connectivity index (χ4v) is 1.90. The average Bonchev–Trinajstić information content (AvgIpc) is 2.77. The number of benzene rings is 2. The van der Waals surface area contributed by atoms with E-state index in [2.05, 4.69) is 4.74 Å². The molecule has 5 nitrogen and oxygen atoms in total. The summed E-state index contributed by atoms with van der Waals surface area (Å²) in [5.41, 5.74) is 0.577. The lowest BCUT2D eigenvalue weighted by atomic mass is 10.2. The van der Waals surface area contributed by atoms with E-state index in [9.17, 15) is 9.59 Å². The third-order valence-corrected chi connectivity index (χ3v) is 2.95. The van der Waals surface area contributed by atoms with Gasteiger partial charge in [-0.15, -0.1) is 0 Å². The molecule has 0 atom stereocenters. The summed E-state index contributed by atoms with van der Waals surface area (Å²) in [5, 5.41) is 0. The lowest BCUT2D eigenvalue weighted by molar-refractivity contribution is -0.122. The molecule has 116 valence electrons. The molecule has 1 aliphatic rings. The van der Waals surface area contributed by atoms with Crippen LogP contribution >= 0.6 is 0 Å². The van der Waals surface area contributed by atoms with Gasteiger partial charge in [-0.25, -0.2) is 9.69 Å². The molecule has 0 N–H and O–H groups in total. The zero-order valence-electron chi connectivity index (χ0n) is 15.9. The summed E-state index contributed by atoms with van der Waals surface area (Å²) in [4.78, 5) is 24.0. The summed E-state index contributed by atoms with van der Waals surface area (Å²) in [6.07, 6.45) is 0.973. The van der Waals surface area contributed by atoms with E-state index in [0.717, 1.165) is 6.08 Å². The zero-order chi connectivity index (χ0) is 19.7. The Balaban J connectivity index is 1.75. The largest absolute Gasteiger partial charge is 0.457 e. The number of carbonyl (C=O) groups excluding carboxylic acids is 2. The number of hydrogen-bond donors (Lipinski definition) is 0. The van der Waals surface area contributed by atoms with Crippen LogP contribution in [0.2, 0.25) is 0 Å². The number of rotatable bonds is 4. The van der Waals surface area contributed by atoms with E-state index in [0.29, 0.717) is 17.1 Å². The van der Waals surface area contributed by atoms with E-state index in [4.69, 9.17) is 10.2 Å². The van der Waals surface area contributed by atoms with Crippen molar-refractivity contribution in [3.8, 4) is 11.5 Å². The van der Waals surface area contributed by atoms with Gasteiger partial charge in [-0.3, -0.25) is 4.79 Å². The van der Waals surface area contributed by atoms with Crippen molar-refractivity contribution in [1.29, 1.82) is 0 Å². The molecular weight excluding hydrogens is 294 g/mol. The summed E-state index contributed by atoms with van der Waals surface area (Å²) in [6.45, 7) is -5.83. The fourth-order valence-electron chi connectivity index (χ4n) is 1.90. The molecule has 0 aliphatic carbocycles. The Morgan fingerprint density at radius 3 is 2.70 bits per heavy atom. The zero-order valence-corrected chi connectivity index (χ0v) is 11.9. The van der Waals surface area contributed by atoms with Gasteiger partial charge in [0.15, 0.2) is 0 Å². The maximum atomic E-state index is 12.2. The first-order chi connectivity index (χ1) is 12.7. The number of carbonyl (C=O) groups is 2. The first-order valence-electron chi connectivity index (χ1n) is 8.79. The van der Waals surface area contributed by atoms with E-state index in [1.165, 1.54) is 6.08 Å². The SMILES string of the molecule is [2H]C1([2H])OC(=O)N(C(=O)/C=C/c2cccc(Oc3ccccc3)c2)C1([2H])[2H]. The van der Waals surface area contributed by atoms with Crippen molar-refractivity contribution in [2.24, 2.45) is 0 Å². The highest BCUT2D eigenvalue weighted by molar-refractivity contribution is 6.01. The van der Waals surface area contributed by atoms with E-state index in [1.54, 1.807) is 36.4 Å². The van der Waals surface area contributed by atoms with E-state index < -0.39 is 25.1 Å². The molecule has 3 rings (SSSR count). The molecule has 1 aliphatic heterocycles. The van der Waals surface area contributed by atoms with Gasteiger partial charge in [0.05, 0.1) is 12.0 Å². The second kappa shape index (κ2) is 6.79. The highest BCUT2D eigenvalue weighted by atomic mass is 16.6. The van der Waals surface area contributed by atoms with Crippen molar-refractivity contribution < 1.29 is 24.5 Å². The molecule has 0 unspecified atom stereocenters. The van der Waals surface area contributed by atoms with Gasteiger partial charge in [0.2, 0.25) is 0 Å². The summed E-state index contributed by atoms with van der Waals surface area (Å²) >= 11 is 0. The molecule has 5 heteroatoms. The predicted molar refractivity (Wildman–Crippen MR) is 85.1 cm³/mol. The quantitative estimate of drug-likeness (QED) is 0.811. The van der Waals surface area contributed by atoms with Crippen LogP contribution in [0.5, 0.6) is 11.5 Å². The third kappa shape index (κ3) is 3.77. The van der Waals surface area contributed by atoms with Gasteiger partial charge in [-0.05, 0) is 35.9 Å². The minimum atomic E-state index is -2.92. The summed E-state index contributed by atoms with van der Waals surface area (Å²) in [5.74, 6) is 0.147. The number of ether oxygens (including phenoxy) is 2. The van der Waals surface area contributed by atoms with Crippen LogP contribution in [-0.2, 0) is 9.53 Å². The van der Waals surface area contributed by atoms with Gasteiger partial charge in [0, 0.05) is 6.08 Å². The van der Waals surface area contributed by atoms with Crippen molar-refractivity contribution >= 4 is 18.1 Å². The van der Waals surface area contributed by atoms with E-state index >= 15 is 0 Å². The van der Waals surface area contributed by atoms with Gasteiger partial charge < -0.3 is 9.47 Å². The van der Waals surface area contributed by atoms with Crippen LogP contribution in [0.1, 0.15) is 11.0 Å². The van der Waals surface area contributed by atoms with Crippen molar-refractivity contribution in [2.75, 3.05) is 13.1 Å². The Morgan fingerprint density at radius 1 is 1.17 bits per heavy atom. The molecule has 0 saturated carbocycles. The van der Waals surface area contributed by atoms with Crippen LogP contribution in [-0.4, -0.2) is 30.0 Å². The summed E-state index contributed by atoms with van der Waals surface area (Å²) in [7, 11) is 0. The van der Waals surface area contributed by atoms with Gasteiger partial charge in [-0.2, -0.15) is 0 Å². The minimum Gasteiger partial charge on any atom is -0.457 e. The Labute approximate surface area is 139 Å². The van der Waals surface area contributed by atoms with Crippen molar-refractivity contribution in [3.63, 3.8) is 0 Å². The summed E-state index contributed by atoms with van der Waals surface area (Å²) < 4.78 is 40.1. The number of para-hydroxylation sites is 1. The molecule has 2 aromatic rings. The molecule has 2 aromatic carbocycles. The molecule has 1 fully saturated rings. The predicted octanol–water partition coefficient (Wildman–Crippen LogP) is 3.47. The van der Waals surface area contributed by atoms with Gasteiger partial charge >= 0.3 is 6.09 Å². The maximum Gasteiger partial charge on any atom is 0.416 e. The first-order valence-corrected chi connectivity index (χ1v) is 6.79. The standard InChI is InChI=1S/C18H15NO4/c20-17(19-11-12-22-18(19)21)10-9-14-5-4-8-16(13-14)23-15-6-2-1-3-7-15/h1-10,13H,11-12H2/b10-9+/i11D2,12D2. The van der Waals surface area contributed by atoms with Crippen molar-refractivity contribution in [2.45, 2.75) is 0 Å². The van der Waals surface area contributed by atoms with Crippen LogP contribution in [0.25, 0.3) is 6.08 Å². The Hall–Kier alpha value is -3.08. The normalized spacial score (nSPS) is 21.0. The second-order valence-corrected chi connectivity index (χ2v) is 4.58.